The Labute approximate surface area is 171 Å². The molecule has 2 aromatic rings. The van der Waals surface area contributed by atoms with E-state index < -0.39 is 0 Å². The van der Waals surface area contributed by atoms with E-state index in [0.717, 1.165) is 61.9 Å². The van der Waals surface area contributed by atoms with Crippen LogP contribution in [-0.4, -0.2) is 57.5 Å². The molecule has 2 saturated heterocycles. The third kappa shape index (κ3) is 3.45. The first-order chi connectivity index (χ1) is 14.0. The van der Waals surface area contributed by atoms with Crippen molar-refractivity contribution >= 4 is 5.91 Å². The molecule has 2 aliphatic heterocycles. The molecule has 1 spiro atoms. The first-order valence-electron chi connectivity index (χ1n) is 10.8. The van der Waals surface area contributed by atoms with Crippen LogP contribution >= 0.6 is 0 Å². The molecule has 1 amide bonds. The van der Waals surface area contributed by atoms with Gasteiger partial charge in [0.2, 0.25) is 5.89 Å². The number of likely N-dealkylation sites (tertiary alicyclic amines) is 2. The summed E-state index contributed by atoms with van der Waals surface area (Å²) in [7, 11) is 2.16. The third-order valence-electron chi connectivity index (χ3n) is 7.21. The van der Waals surface area contributed by atoms with E-state index in [9.17, 15) is 4.79 Å². The van der Waals surface area contributed by atoms with Crippen molar-refractivity contribution in [2.75, 3.05) is 26.7 Å². The van der Waals surface area contributed by atoms with Crippen LogP contribution in [0.25, 0.3) is 0 Å². The second kappa shape index (κ2) is 7.20. The summed E-state index contributed by atoms with van der Waals surface area (Å²) in [6.07, 6.45) is 8.42. The number of pyridine rings is 1. The first kappa shape index (κ1) is 18.7. The highest BCUT2D eigenvalue weighted by molar-refractivity contribution is 5.94. The smallest absolute Gasteiger partial charge is 0.253 e. The lowest BCUT2D eigenvalue weighted by Gasteiger charge is -2.39. The van der Waals surface area contributed by atoms with Gasteiger partial charge in [0.25, 0.3) is 5.91 Å². The topological polar surface area (TPSA) is 75.4 Å². The van der Waals surface area contributed by atoms with Crippen molar-refractivity contribution in [1.29, 1.82) is 0 Å². The molecule has 3 aliphatic rings. The van der Waals surface area contributed by atoms with Crippen LogP contribution in [0.15, 0.2) is 22.9 Å². The number of nitrogens with zero attached hydrogens (tertiary/aromatic N) is 5. The molecule has 1 saturated carbocycles. The molecular weight excluding hydrogens is 366 g/mol. The van der Waals surface area contributed by atoms with Crippen LogP contribution in [0.2, 0.25) is 0 Å². The zero-order chi connectivity index (χ0) is 20.0. The van der Waals surface area contributed by atoms with Crippen molar-refractivity contribution in [2.24, 2.45) is 5.41 Å². The number of carbonyl (C=O) groups excluding carboxylic acids is 1. The maximum absolute atomic E-state index is 12.9. The molecule has 29 heavy (non-hydrogen) atoms. The van der Waals surface area contributed by atoms with Crippen LogP contribution in [-0.2, 0) is 0 Å². The van der Waals surface area contributed by atoms with E-state index in [1.165, 1.54) is 19.3 Å². The molecule has 7 heteroatoms. The molecule has 4 heterocycles. The van der Waals surface area contributed by atoms with E-state index in [-0.39, 0.29) is 17.4 Å². The number of amides is 1. The molecular formula is C22H29N5O2. The van der Waals surface area contributed by atoms with E-state index in [0.29, 0.717) is 5.92 Å². The van der Waals surface area contributed by atoms with Crippen LogP contribution < -0.4 is 0 Å². The fourth-order valence-corrected chi connectivity index (χ4v) is 5.17. The van der Waals surface area contributed by atoms with Gasteiger partial charge in [-0.1, -0.05) is 11.6 Å². The van der Waals surface area contributed by atoms with Crippen molar-refractivity contribution in [3.63, 3.8) is 0 Å². The second-order valence-corrected chi connectivity index (χ2v) is 9.23. The minimum atomic E-state index is 0.122. The monoisotopic (exact) mass is 395 g/mol. The molecule has 0 radical (unpaired) electrons. The number of aromatic nitrogens is 3. The van der Waals surface area contributed by atoms with E-state index in [1.54, 1.807) is 6.20 Å². The van der Waals surface area contributed by atoms with Gasteiger partial charge in [-0.15, -0.1) is 0 Å². The summed E-state index contributed by atoms with van der Waals surface area (Å²) in [4.78, 5) is 26.2. The molecule has 7 nitrogen and oxygen atoms in total. The standard InChI is InChI=1S/C22H29N5O2/c1-15-12-17(6-9-23-15)21(28)27-10-7-22(8-11-27)13-18(26(2)14-22)19-24-20(29-25-19)16-4-3-5-16/h6,9,12,16,18H,3-5,7-8,10-11,13-14H2,1-2H3. The molecule has 0 aromatic carbocycles. The SMILES string of the molecule is Cc1cc(C(=O)N2CCC3(CC2)CC(c2noc(C4CCC4)n2)N(C)C3)ccn1. The fraction of sp³-hybridized carbons (Fsp3) is 0.636. The van der Waals surface area contributed by atoms with Gasteiger partial charge >= 0.3 is 0 Å². The second-order valence-electron chi connectivity index (χ2n) is 9.23. The molecule has 3 fully saturated rings. The Morgan fingerprint density at radius 1 is 1.28 bits per heavy atom. The van der Waals surface area contributed by atoms with Crippen molar-refractivity contribution < 1.29 is 9.32 Å². The Hall–Kier alpha value is -2.28. The van der Waals surface area contributed by atoms with Crippen molar-refractivity contribution in [1.82, 2.24) is 24.9 Å². The highest BCUT2D eigenvalue weighted by Crippen LogP contribution is 2.48. The summed E-state index contributed by atoms with van der Waals surface area (Å²) in [5.41, 5.74) is 1.86. The van der Waals surface area contributed by atoms with E-state index in [4.69, 9.17) is 9.51 Å². The van der Waals surface area contributed by atoms with E-state index >= 15 is 0 Å². The maximum atomic E-state index is 12.9. The molecule has 0 bridgehead atoms. The lowest BCUT2D eigenvalue weighted by molar-refractivity contribution is 0.0593. The third-order valence-corrected chi connectivity index (χ3v) is 7.21. The summed E-state index contributed by atoms with van der Waals surface area (Å²) in [6.45, 7) is 4.56. The molecule has 1 unspecified atom stereocenters. The van der Waals surface area contributed by atoms with Gasteiger partial charge in [0.15, 0.2) is 5.82 Å². The minimum Gasteiger partial charge on any atom is -0.339 e. The van der Waals surface area contributed by atoms with Gasteiger partial charge in [0.1, 0.15) is 0 Å². The minimum absolute atomic E-state index is 0.122. The van der Waals surface area contributed by atoms with E-state index in [1.807, 2.05) is 24.0 Å². The Balaban J connectivity index is 1.24. The lowest BCUT2D eigenvalue weighted by atomic mass is 9.76. The van der Waals surface area contributed by atoms with Crippen LogP contribution in [0.5, 0.6) is 0 Å². The van der Waals surface area contributed by atoms with Crippen LogP contribution in [0, 0.1) is 12.3 Å². The van der Waals surface area contributed by atoms with Crippen molar-refractivity contribution in [3.05, 3.63) is 41.3 Å². The Morgan fingerprint density at radius 3 is 2.76 bits per heavy atom. The molecule has 1 aliphatic carbocycles. The Morgan fingerprint density at radius 2 is 2.07 bits per heavy atom. The Bertz CT molecular complexity index is 898. The van der Waals surface area contributed by atoms with Crippen molar-refractivity contribution in [2.45, 2.75) is 57.4 Å². The number of piperidine rings is 1. The molecule has 2 aromatic heterocycles. The predicted molar refractivity (Wildman–Crippen MR) is 107 cm³/mol. The quantitative estimate of drug-likeness (QED) is 0.793. The van der Waals surface area contributed by atoms with Crippen LogP contribution in [0.3, 0.4) is 0 Å². The average molecular weight is 396 g/mol. The summed E-state index contributed by atoms with van der Waals surface area (Å²) in [6, 6.07) is 3.91. The van der Waals surface area contributed by atoms with Crippen LogP contribution in [0.4, 0.5) is 0 Å². The first-order valence-corrected chi connectivity index (χ1v) is 10.8. The highest BCUT2D eigenvalue weighted by Gasteiger charge is 2.46. The van der Waals surface area contributed by atoms with Gasteiger partial charge in [0.05, 0.1) is 6.04 Å². The number of rotatable bonds is 3. The molecule has 5 rings (SSSR count). The number of aryl methyl sites for hydroxylation is 1. The van der Waals surface area contributed by atoms with Crippen molar-refractivity contribution in [3.8, 4) is 0 Å². The fourth-order valence-electron chi connectivity index (χ4n) is 5.17. The Kier molecular flexibility index (Phi) is 4.65. The van der Waals surface area contributed by atoms with Gasteiger partial charge in [-0.05, 0) is 63.6 Å². The lowest BCUT2D eigenvalue weighted by Crippen LogP contribution is -2.44. The summed E-state index contributed by atoms with van der Waals surface area (Å²) in [5, 5.41) is 4.32. The normalized spacial score (nSPS) is 24.8. The summed E-state index contributed by atoms with van der Waals surface area (Å²) < 4.78 is 5.57. The molecule has 1 atom stereocenters. The summed E-state index contributed by atoms with van der Waals surface area (Å²) in [5.74, 6) is 2.27. The van der Waals surface area contributed by atoms with Gasteiger partial charge < -0.3 is 9.42 Å². The largest absolute Gasteiger partial charge is 0.339 e. The van der Waals surface area contributed by atoms with Crippen LogP contribution in [0.1, 0.15) is 78.3 Å². The number of carbonyl (C=O) groups is 1. The number of hydrogen-bond acceptors (Lipinski definition) is 6. The van der Waals surface area contributed by atoms with Gasteiger partial charge in [-0.3, -0.25) is 14.7 Å². The molecule has 154 valence electrons. The van der Waals surface area contributed by atoms with E-state index in [2.05, 4.69) is 22.1 Å². The molecule has 0 N–H and O–H groups in total. The highest BCUT2D eigenvalue weighted by atomic mass is 16.5. The van der Waals surface area contributed by atoms with Gasteiger partial charge in [0, 0.05) is 43.0 Å². The zero-order valence-electron chi connectivity index (χ0n) is 17.3. The van der Waals surface area contributed by atoms with Gasteiger partial charge in [-0.25, -0.2) is 0 Å². The zero-order valence-corrected chi connectivity index (χ0v) is 17.3. The van der Waals surface area contributed by atoms with Gasteiger partial charge in [-0.2, -0.15) is 4.98 Å². The summed E-state index contributed by atoms with van der Waals surface area (Å²) >= 11 is 0. The maximum Gasteiger partial charge on any atom is 0.253 e. The number of hydrogen-bond donors (Lipinski definition) is 0. The predicted octanol–water partition coefficient (Wildman–Crippen LogP) is 3.34. The average Bonchev–Trinajstić information content (AvgIpc) is 3.25.